The Kier molecular flexibility index (Phi) is 5.07. The molecule has 0 atom stereocenters. The maximum atomic E-state index is 11.7. The van der Waals surface area contributed by atoms with Gasteiger partial charge in [0.1, 0.15) is 6.42 Å². The Hall–Kier alpha value is -3.19. The second-order valence-corrected chi connectivity index (χ2v) is 7.08. The highest BCUT2D eigenvalue weighted by molar-refractivity contribution is 5.95. The summed E-state index contributed by atoms with van der Waals surface area (Å²) in [5, 5.41) is 11.3. The normalized spacial score (nSPS) is 13.3. The first kappa shape index (κ1) is 20.1. The van der Waals surface area contributed by atoms with Gasteiger partial charge in [0.25, 0.3) is 0 Å². The number of carboxylic acids is 1. The van der Waals surface area contributed by atoms with Gasteiger partial charge < -0.3 is 36.5 Å². The first-order chi connectivity index (χ1) is 14.1. The lowest BCUT2D eigenvalue weighted by Gasteiger charge is -2.20. The van der Waals surface area contributed by atoms with Crippen LogP contribution < -0.4 is 35.9 Å². The zero-order chi connectivity index (χ0) is 20.1. The van der Waals surface area contributed by atoms with Crippen molar-refractivity contribution < 1.29 is 45.8 Å². The van der Waals surface area contributed by atoms with Crippen molar-refractivity contribution in [1.82, 2.24) is 0 Å². The highest BCUT2D eigenvalue weighted by Gasteiger charge is 2.33. The molecule has 0 spiro atoms. The third-order valence-corrected chi connectivity index (χ3v) is 5.57. The number of pyridine rings is 1. The molecule has 0 radical (unpaired) electrons. The topological polar surface area (TPSA) is 78.1 Å². The second-order valence-electron chi connectivity index (χ2n) is 7.08. The number of aromatic nitrogens is 1. The second kappa shape index (κ2) is 7.57. The monoisotopic (exact) mass is 429 g/mol. The summed E-state index contributed by atoms with van der Waals surface area (Å²) in [6.07, 6.45) is 0.655. The van der Waals surface area contributed by atoms with Gasteiger partial charge in [-0.25, -0.2) is 0 Å². The number of carboxylic acid groups (broad SMARTS) is 1. The molecule has 30 heavy (non-hydrogen) atoms. The number of hydrogen-bond acceptors (Lipinski definition) is 5. The van der Waals surface area contributed by atoms with Crippen LogP contribution >= 0.6 is 0 Å². The van der Waals surface area contributed by atoms with Crippen molar-refractivity contribution in [1.29, 1.82) is 0 Å². The number of methoxy groups -OCH3 is 2. The number of fused-ring (bicyclic) bond motifs is 5. The Morgan fingerprint density at radius 2 is 1.90 bits per heavy atom. The van der Waals surface area contributed by atoms with E-state index in [4.69, 9.17) is 18.9 Å². The minimum Gasteiger partial charge on any atom is -1.00 e. The molecule has 5 rings (SSSR count). The molecular weight excluding hydrogens is 410 g/mol. The summed E-state index contributed by atoms with van der Waals surface area (Å²) in [7, 11) is 3.15. The highest BCUT2D eigenvalue weighted by Crippen LogP contribution is 2.42. The largest absolute Gasteiger partial charge is 1.00 e. The first-order valence-corrected chi connectivity index (χ1v) is 9.35. The molecule has 3 heterocycles. The molecule has 0 bridgehead atoms. The molecule has 156 valence electrons. The van der Waals surface area contributed by atoms with Crippen molar-refractivity contribution in [3.63, 3.8) is 0 Å². The molecule has 2 aromatic carbocycles. The lowest BCUT2D eigenvalue weighted by atomic mass is 9.93. The van der Waals surface area contributed by atoms with E-state index in [2.05, 4.69) is 10.6 Å². The maximum absolute atomic E-state index is 11.7. The molecule has 2 aliphatic rings. The van der Waals surface area contributed by atoms with E-state index in [9.17, 15) is 9.90 Å². The molecule has 0 saturated carbocycles. The molecule has 7 nitrogen and oxygen atoms in total. The minimum atomic E-state index is -0.895. The van der Waals surface area contributed by atoms with Gasteiger partial charge in [0.05, 0.1) is 25.2 Å². The SMILES string of the molecule is COc1ccc2cc3[n+](c(CC(=O)O)c2c1OC)CCc1cc2c(cc1-3)OCO2.[Cl-]. The smallest absolute Gasteiger partial charge is 0.314 e. The van der Waals surface area contributed by atoms with Gasteiger partial charge in [-0.2, -0.15) is 4.57 Å². The third kappa shape index (κ3) is 2.97. The highest BCUT2D eigenvalue weighted by atomic mass is 35.5. The summed E-state index contributed by atoms with van der Waals surface area (Å²) in [4.78, 5) is 11.7. The van der Waals surface area contributed by atoms with Crippen molar-refractivity contribution >= 4 is 16.7 Å². The van der Waals surface area contributed by atoms with Crippen LogP contribution in [0.15, 0.2) is 30.3 Å². The summed E-state index contributed by atoms with van der Waals surface area (Å²) < 4.78 is 24.2. The Labute approximate surface area is 179 Å². The average molecular weight is 430 g/mol. The molecule has 8 heteroatoms. The predicted molar refractivity (Wildman–Crippen MR) is 104 cm³/mol. The number of rotatable bonds is 4. The number of carbonyl (C=O) groups is 1. The lowest BCUT2D eigenvalue weighted by molar-refractivity contribution is -0.693. The minimum absolute atomic E-state index is 0. The van der Waals surface area contributed by atoms with Crippen molar-refractivity contribution in [2.75, 3.05) is 21.0 Å². The zero-order valence-corrected chi connectivity index (χ0v) is 17.3. The van der Waals surface area contributed by atoms with Crippen molar-refractivity contribution in [3.05, 3.63) is 41.6 Å². The van der Waals surface area contributed by atoms with Gasteiger partial charge >= 0.3 is 5.97 Å². The van der Waals surface area contributed by atoms with Crippen molar-refractivity contribution in [2.24, 2.45) is 0 Å². The summed E-state index contributed by atoms with van der Waals surface area (Å²) in [5.74, 6) is 1.70. The standard InChI is InChI=1S/C22H19NO6.ClH/c1-26-17-4-3-13-7-15-14-9-19-18(28-11-29-19)8-12(14)5-6-23(15)16(10-20(24)25)21(13)22(17)27-2;/h3-4,7-9H,5-6,10-11H2,1-2H3;1H. The molecule has 2 aliphatic heterocycles. The van der Waals surface area contributed by atoms with E-state index in [0.717, 1.165) is 39.8 Å². The average Bonchev–Trinajstić information content (AvgIpc) is 3.18. The summed E-state index contributed by atoms with van der Waals surface area (Å²) in [6.45, 7) is 0.887. The van der Waals surface area contributed by atoms with Gasteiger partial charge in [0.15, 0.2) is 29.5 Å². The quantitative estimate of drug-likeness (QED) is 0.575. The van der Waals surface area contributed by atoms with Crippen molar-refractivity contribution in [2.45, 2.75) is 19.4 Å². The van der Waals surface area contributed by atoms with E-state index in [1.165, 1.54) is 0 Å². The third-order valence-electron chi connectivity index (χ3n) is 5.57. The van der Waals surface area contributed by atoms with E-state index in [1.807, 2.05) is 24.3 Å². The zero-order valence-electron chi connectivity index (χ0n) is 16.5. The molecule has 0 amide bonds. The van der Waals surface area contributed by atoms with Gasteiger partial charge in [-0.1, -0.05) is 0 Å². The Morgan fingerprint density at radius 1 is 1.13 bits per heavy atom. The van der Waals surface area contributed by atoms with E-state index < -0.39 is 5.97 Å². The van der Waals surface area contributed by atoms with Crippen LogP contribution in [0.4, 0.5) is 0 Å². The van der Waals surface area contributed by atoms with Gasteiger partial charge in [-0.05, 0) is 35.2 Å². The van der Waals surface area contributed by atoms with E-state index in [0.29, 0.717) is 29.5 Å². The molecule has 3 aromatic rings. The molecular formula is C22H20ClNO6. The number of aryl methyl sites for hydroxylation is 1. The van der Waals surface area contributed by atoms with Crippen LogP contribution in [0.25, 0.3) is 22.0 Å². The number of benzene rings is 2. The van der Waals surface area contributed by atoms with Crippen LogP contribution in [0.3, 0.4) is 0 Å². The molecule has 0 saturated heterocycles. The van der Waals surface area contributed by atoms with Crippen molar-refractivity contribution in [3.8, 4) is 34.3 Å². The fourth-order valence-corrected chi connectivity index (χ4v) is 4.33. The van der Waals surface area contributed by atoms with Crippen LogP contribution in [-0.4, -0.2) is 32.1 Å². The predicted octanol–water partition coefficient (Wildman–Crippen LogP) is -0.273. The van der Waals surface area contributed by atoms with Crippen LogP contribution in [0.5, 0.6) is 23.0 Å². The molecule has 0 unspecified atom stereocenters. The van der Waals surface area contributed by atoms with Gasteiger partial charge in [-0.3, -0.25) is 4.79 Å². The summed E-state index contributed by atoms with van der Waals surface area (Å²) in [5.41, 5.74) is 3.85. The Morgan fingerprint density at radius 3 is 2.60 bits per heavy atom. The number of halogens is 1. The van der Waals surface area contributed by atoms with Gasteiger partial charge in [0.2, 0.25) is 18.2 Å². The first-order valence-electron chi connectivity index (χ1n) is 9.35. The van der Waals surface area contributed by atoms with Crippen LogP contribution in [0.2, 0.25) is 0 Å². The molecule has 0 fully saturated rings. The lowest BCUT2D eigenvalue weighted by Crippen LogP contribution is -3.00. The number of aliphatic carboxylic acids is 1. The van der Waals surface area contributed by atoms with Crippen LogP contribution in [-0.2, 0) is 24.2 Å². The fourth-order valence-electron chi connectivity index (χ4n) is 4.33. The van der Waals surface area contributed by atoms with Crippen LogP contribution in [0, 0.1) is 0 Å². The maximum Gasteiger partial charge on any atom is 0.314 e. The van der Waals surface area contributed by atoms with E-state index in [1.54, 1.807) is 14.2 Å². The van der Waals surface area contributed by atoms with E-state index >= 15 is 0 Å². The van der Waals surface area contributed by atoms with E-state index in [-0.39, 0.29) is 25.6 Å². The number of hydrogen-bond donors (Lipinski definition) is 1. The number of ether oxygens (including phenoxy) is 4. The number of nitrogens with zero attached hydrogens (tertiary/aromatic N) is 1. The van der Waals surface area contributed by atoms with Gasteiger partial charge in [0, 0.05) is 12.5 Å². The van der Waals surface area contributed by atoms with Crippen LogP contribution in [0.1, 0.15) is 11.3 Å². The fraction of sp³-hybridized carbons (Fsp3) is 0.273. The summed E-state index contributed by atoms with van der Waals surface area (Å²) >= 11 is 0. The Balaban J connectivity index is 0.00000218. The molecule has 1 N–H and O–H groups in total. The van der Waals surface area contributed by atoms with Gasteiger partial charge in [-0.15, -0.1) is 0 Å². The Bertz CT molecular complexity index is 1180. The summed E-state index contributed by atoms with van der Waals surface area (Å²) in [6, 6.07) is 9.86. The molecule has 0 aliphatic carbocycles. The molecule has 1 aromatic heterocycles.